The van der Waals surface area contributed by atoms with Gasteiger partial charge in [-0.1, -0.05) is 52.6 Å². The van der Waals surface area contributed by atoms with Crippen molar-refractivity contribution in [1.82, 2.24) is 5.32 Å². The Morgan fingerprint density at radius 2 is 1.56 bits per heavy atom. The lowest BCUT2D eigenvalue weighted by Crippen LogP contribution is -2.53. The summed E-state index contributed by atoms with van der Waals surface area (Å²) >= 11 is 11.3. The number of hydrogen-bond donors (Lipinski definition) is 1. The molecule has 172 valence electrons. The maximum atomic E-state index is 14.5. The Labute approximate surface area is 187 Å². The molecule has 2 aliphatic heterocycles. The Morgan fingerprint density at radius 1 is 0.938 bits per heavy atom. The second-order valence-corrected chi connectivity index (χ2v) is 8.38. The van der Waals surface area contributed by atoms with Crippen molar-refractivity contribution < 1.29 is 35.6 Å². The Balaban J connectivity index is 1.71. The summed E-state index contributed by atoms with van der Waals surface area (Å²) in [6.45, 7) is 0.235. The average molecular weight is 501 g/mol. The fourth-order valence-electron chi connectivity index (χ4n) is 3.60. The maximum Gasteiger partial charge on any atom is 0.435 e. The molecule has 2 aromatic carbocycles. The van der Waals surface area contributed by atoms with Gasteiger partial charge in [-0.15, -0.1) is 0 Å². The van der Waals surface area contributed by atoms with E-state index >= 15 is 0 Å². The van der Waals surface area contributed by atoms with E-state index in [9.17, 15) is 30.7 Å². The van der Waals surface area contributed by atoms with Gasteiger partial charge in [-0.2, -0.15) is 26.3 Å². The van der Waals surface area contributed by atoms with Gasteiger partial charge in [-0.25, -0.2) is 4.39 Å². The van der Waals surface area contributed by atoms with Crippen LogP contribution in [0.4, 0.5) is 30.7 Å². The third kappa shape index (κ3) is 3.72. The van der Waals surface area contributed by atoms with Crippen LogP contribution in [0.3, 0.4) is 0 Å². The number of oxime groups is 1. The van der Waals surface area contributed by atoms with Crippen LogP contribution >= 0.6 is 23.2 Å². The first kappa shape index (κ1) is 23.1. The van der Waals surface area contributed by atoms with E-state index in [0.717, 1.165) is 0 Å². The van der Waals surface area contributed by atoms with Crippen molar-refractivity contribution in [2.75, 3.05) is 13.1 Å². The molecule has 3 nitrogen and oxygen atoms in total. The van der Waals surface area contributed by atoms with Crippen molar-refractivity contribution in [3.63, 3.8) is 0 Å². The molecule has 1 atom stereocenters. The molecular formula is C20H13Cl2F7N2O. The van der Waals surface area contributed by atoms with Gasteiger partial charge in [0.05, 0.1) is 21.3 Å². The van der Waals surface area contributed by atoms with E-state index in [2.05, 4.69) is 10.5 Å². The first-order chi connectivity index (χ1) is 14.8. The Morgan fingerprint density at radius 3 is 2.06 bits per heavy atom. The van der Waals surface area contributed by atoms with Gasteiger partial charge in [0.2, 0.25) is 0 Å². The summed E-state index contributed by atoms with van der Waals surface area (Å²) in [5, 5.41) is 4.68. The van der Waals surface area contributed by atoms with Crippen LogP contribution in [0, 0.1) is 0 Å². The fourth-order valence-corrected chi connectivity index (χ4v) is 4.03. The smallest absolute Gasteiger partial charge is 0.374 e. The molecule has 1 fully saturated rings. The standard InChI is InChI=1S/C20H13Cl2F7N2O/c21-14-6-12(5-13(16(14)22)19(24,25)26)18(20(27,28)29)7-15(31-32-18)10-1-3-11(4-2-10)17(23)8-30-9-17/h1-6,30H,7-9H2. The van der Waals surface area contributed by atoms with Crippen molar-refractivity contribution in [1.29, 1.82) is 0 Å². The number of alkyl halides is 7. The Bertz CT molecular complexity index is 1080. The highest BCUT2D eigenvalue weighted by molar-refractivity contribution is 6.42. The lowest BCUT2D eigenvalue weighted by molar-refractivity contribution is -0.276. The number of rotatable bonds is 3. The molecule has 0 saturated carbocycles. The van der Waals surface area contributed by atoms with Crippen molar-refractivity contribution in [3.8, 4) is 0 Å². The van der Waals surface area contributed by atoms with E-state index in [1.54, 1.807) is 0 Å². The normalized spacial score (nSPS) is 22.8. The van der Waals surface area contributed by atoms with Gasteiger partial charge in [-0.3, -0.25) is 0 Å². The minimum absolute atomic E-state index is 0.118. The molecule has 0 aromatic heterocycles. The van der Waals surface area contributed by atoms with Crippen LogP contribution in [-0.2, 0) is 22.3 Å². The van der Waals surface area contributed by atoms with E-state index in [1.807, 2.05) is 0 Å². The van der Waals surface area contributed by atoms with Crippen LogP contribution in [0.1, 0.15) is 28.7 Å². The largest absolute Gasteiger partial charge is 0.435 e. The molecule has 2 aromatic rings. The number of halogens is 9. The molecule has 0 radical (unpaired) electrons. The zero-order valence-corrected chi connectivity index (χ0v) is 17.4. The Kier molecular flexibility index (Phi) is 5.42. The van der Waals surface area contributed by atoms with Gasteiger partial charge in [0.1, 0.15) is 0 Å². The highest BCUT2D eigenvalue weighted by Gasteiger charge is 2.63. The first-order valence-electron chi connectivity index (χ1n) is 9.16. The highest BCUT2D eigenvalue weighted by Crippen LogP contribution is 2.51. The molecule has 0 amide bonds. The van der Waals surface area contributed by atoms with Crippen molar-refractivity contribution >= 4 is 28.9 Å². The van der Waals surface area contributed by atoms with Gasteiger partial charge >= 0.3 is 12.4 Å². The van der Waals surface area contributed by atoms with Crippen molar-refractivity contribution in [2.24, 2.45) is 5.16 Å². The maximum absolute atomic E-state index is 14.5. The lowest BCUT2D eigenvalue weighted by Gasteiger charge is -2.35. The third-order valence-corrected chi connectivity index (χ3v) is 6.33. The van der Waals surface area contributed by atoms with Crippen LogP contribution in [-0.4, -0.2) is 25.0 Å². The van der Waals surface area contributed by atoms with Gasteiger partial charge in [0, 0.05) is 25.1 Å². The molecule has 32 heavy (non-hydrogen) atoms. The lowest BCUT2D eigenvalue weighted by atomic mass is 9.85. The number of nitrogens with one attached hydrogen (secondary N) is 1. The van der Waals surface area contributed by atoms with Crippen LogP contribution in [0.5, 0.6) is 0 Å². The van der Waals surface area contributed by atoms with Crippen LogP contribution < -0.4 is 5.32 Å². The van der Waals surface area contributed by atoms with Crippen molar-refractivity contribution in [2.45, 2.75) is 30.0 Å². The van der Waals surface area contributed by atoms with Gasteiger partial charge in [0.25, 0.3) is 5.60 Å². The molecule has 1 saturated heterocycles. The summed E-state index contributed by atoms with van der Waals surface area (Å²) in [7, 11) is 0. The topological polar surface area (TPSA) is 33.6 Å². The van der Waals surface area contributed by atoms with Gasteiger partial charge in [0.15, 0.2) is 5.67 Å². The monoisotopic (exact) mass is 500 g/mol. The van der Waals surface area contributed by atoms with Gasteiger partial charge in [-0.05, 0) is 23.3 Å². The Hall–Kier alpha value is -2.04. The predicted octanol–water partition coefficient (Wildman–Crippen LogP) is 6.36. The van der Waals surface area contributed by atoms with Gasteiger partial charge < -0.3 is 10.2 Å². The fraction of sp³-hybridized carbons (Fsp3) is 0.350. The van der Waals surface area contributed by atoms with E-state index in [1.165, 1.54) is 24.3 Å². The van der Waals surface area contributed by atoms with E-state index in [0.29, 0.717) is 11.6 Å². The summed E-state index contributed by atoms with van der Waals surface area (Å²) in [6, 6.07) is 6.57. The van der Waals surface area contributed by atoms with E-state index in [4.69, 9.17) is 28.0 Å². The predicted molar refractivity (Wildman–Crippen MR) is 104 cm³/mol. The van der Waals surface area contributed by atoms with E-state index in [-0.39, 0.29) is 30.4 Å². The van der Waals surface area contributed by atoms with E-state index < -0.39 is 51.2 Å². The highest BCUT2D eigenvalue weighted by atomic mass is 35.5. The SMILES string of the molecule is FC(F)(F)c1cc(C2(C(F)(F)F)CC(c3ccc(C4(F)CNC4)cc3)=NO2)cc(Cl)c1Cl. The second kappa shape index (κ2) is 7.50. The second-order valence-electron chi connectivity index (χ2n) is 7.59. The third-order valence-electron chi connectivity index (χ3n) is 5.53. The molecule has 2 aliphatic rings. The number of benzene rings is 2. The molecule has 1 unspecified atom stereocenters. The van der Waals surface area contributed by atoms with Crippen molar-refractivity contribution in [3.05, 3.63) is 68.7 Å². The minimum atomic E-state index is -5.14. The minimum Gasteiger partial charge on any atom is -0.374 e. The number of nitrogens with zero attached hydrogens (tertiary/aromatic N) is 1. The molecule has 4 rings (SSSR count). The quantitative estimate of drug-likeness (QED) is 0.497. The zero-order valence-electron chi connectivity index (χ0n) is 15.8. The molecule has 2 heterocycles. The molecule has 1 N–H and O–H groups in total. The summed E-state index contributed by atoms with van der Waals surface area (Å²) < 4.78 is 96.7. The van der Waals surface area contributed by atoms with Crippen LogP contribution in [0.2, 0.25) is 10.0 Å². The summed E-state index contributed by atoms with van der Waals surface area (Å²) in [5.41, 5.74) is -6.76. The average Bonchev–Trinajstić information content (AvgIpc) is 3.14. The van der Waals surface area contributed by atoms with Crippen LogP contribution in [0.25, 0.3) is 0 Å². The summed E-state index contributed by atoms with van der Waals surface area (Å²) in [5.74, 6) is 0. The summed E-state index contributed by atoms with van der Waals surface area (Å²) in [4.78, 5) is 4.76. The molecule has 12 heteroatoms. The number of hydrogen-bond acceptors (Lipinski definition) is 3. The summed E-state index contributed by atoms with van der Waals surface area (Å²) in [6.07, 6.45) is -11.1. The molecule has 0 bridgehead atoms. The first-order valence-corrected chi connectivity index (χ1v) is 9.91. The molecule has 0 aliphatic carbocycles. The zero-order chi connectivity index (χ0) is 23.5. The van der Waals surface area contributed by atoms with Crippen LogP contribution in [0.15, 0.2) is 41.6 Å². The molecule has 0 spiro atoms. The molecular weight excluding hydrogens is 488 g/mol.